The van der Waals surface area contributed by atoms with Gasteiger partial charge in [-0.05, 0) is 25.0 Å². The fourth-order valence-electron chi connectivity index (χ4n) is 2.62. The second-order valence-electron chi connectivity index (χ2n) is 5.88. The topological polar surface area (TPSA) is 131 Å². The van der Waals surface area contributed by atoms with Crippen LogP contribution in [0.2, 0.25) is 0 Å². The summed E-state index contributed by atoms with van der Waals surface area (Å²) in [5.74, 6) is -1.70. The number of aliphatic carboxylic acids is 1. The summed E-state index contributed by atoms with van der Waals surface area (Å²) >= 11 is 1.50. The van der Waals surface area contributed by atoms with Gasteiger partial charge in [0.1, 0.15) is 0 Å². The lowest BCUT2D eigenvalue weighted by atomic mass is 9.72. The van der Waals surface area contributed by atoms with E-state index in [0.29, 0.717) is 32.6 Å². The Labute approximate surface area is 150 Å². The molecule has 25 heavy (non-hydrogen) atoms. The van der Waals surface area contributed by atoms with Crippen LogP contribution in [0.4, 0.5) is 0 Å². The number of carbonyl (C=O) groups is 2. The van der Waals surface area contributed by atoms with Gasteiger partial charge < -0.3 is 30.6 Å². The molecule has 0 radical (unpaired) electrons. The number of thiophene rings is 1. The Bertz CT molecular complexity index is 584. The van der Waals surface area contributed by atoms with Gasteiger partial charge in [-0.25, -0.2) is 0 Å². The van der Waals surface area contributed by atoms with Crippen LogP contribution in [0.5, 0.6) is 0 Å². The third-order valence-electron chi connectivity index (χ3n) is 3.78. The van der Waals surface area contributed by atoms with Crippen LogP contribution in [-0.2, 0) is 32.0 Å². The first-order chi connectivity index (χ1) is 12.0. The van der Waals surface area contributed by atoms with E-state index in [9.17, 15) is 14.6 Å². The number of hydrogen-bond acceptors (Lipinski definition) is 7. The number of carboxylic acid groups (broad SMARTS) is 1. The maximum Gasteiger partial charge on any atom is 0.478 e. The SMILES string of the molecule is NCCOCc1ccc(CC(=O)N[C@H]2CC[C@@H](CC(=O)O)OB2O)s1. The molecule has 0 saturated carbocycles. The zero-order valence-electron chi connectivity index (χ0n) is 13.8. The van der Waals surface area contributed by atoms with Crippen LogP contribution in [0.15, 0.2) is 12.1 Å². The second-order valence-corrected chi connectivity index (χ2v) is 7.14. The predicted octanol–water partition coefficient (Wildman–Crippen LogP) is -0.0759. The van der Waals surface area contributed by atoms with Crippen LogP contribution in [0, 0.1) is 0 Å². The Kier molecular flexibility index (Phi) is 7.85. The number of nitrogens with one attached hydrogen (secondary N) is 1. The highest BCUT2D eigenvalue weighted by Gasteiger charge is 2.36. The van der Waals surface area contributed by atoms with E-state index in [1.807, 2.05) is 12.1 Å². The lowest BCUT2D eigenvalue weighted by Gasteiger charge is -2.30. The van der Waals surface area contributed by atoms with Gasteiger partial charge in [0.2, 0.25) is 5.91 Å². The molecule has 2 heterocycles. The third-order valence-corrected chi connectivity index (χ3v) is 4.84. The number of rotatable bonds is 9. The number of carboxylic acids is 1. The van der Waals surface area contributed by atoms with Gasteiger partial charge in [0, 0.05) is 16.3 Å². The fourth-order valence-corrected chi connectivity index (χ4v) is 3.58. The van der Waals surface area contributed by atoms with Gasteiger partial charge in [0.05, 0.1) is 38.1 Å². The van der Waals surface area contributed by atoms with Gasteiger partial charge in [-0.15, -0.1) is 11.3 Å². The Hall–Kier alpha value is -1.46. The molecule has 0 unspecified atom stereocenters. The molecule has 1 aromatic rings. The number of hydrogen-bond donors (Lipinski definition) is 4. The smallest absolute Gasteiger partial charge is 0.478 e. The zero-order chi connectivity index (χ0) is 18.2. The summed E-state index contributed by atoms with van der Waals surface area (Å²) in [5.41, 5.74) is 5.36. The van der Waals surface area contributed by atoms with E-state index < -0.39 is 25.1 Å². The van der Waals surface area contributed by atoms with E-state index in [4.69, 9.17) is 20.2 Å². The highest BCUT2D eigenvalue weighted by molar-refractivity contribution is 7.12. The van der Waals surface area contributed by atoms with E-state index in [0.717, 1.165) is 9.75 Å². The monoisotopic (exact) mass is 370 g/mol. The van der Waals surface area contributed by atoms with E-state index >= 15 is 0 Å². The third kappa shape index (κ3) is 6.75. The zero-order valence-corrected chi connectivity index (χ0v) is 14.7. The molecule has 0 aliphatic carbocycles. The lowest BCUT2D eigenvalue weighted by Crippen LogP contribution is -2.53. The lowest BCUT2D eigenvalue weighted by molar-refractivity contribution is -0.139. The minimum absolute atomic E-state index is 0.151. The van der Waals surface area contributed by atoms with Gasteiger partial charge in [-0.2, -0.15) is 0 Å². The first-order valence-electron chi connectivity index (χ1n) is 8.18. The van der Waals surface area contributed by atoms with Crippen LogP contribution in [0.25, 0.3) is 0 Å². The predicted molar refractivity (Wildman–Crippen MR) is 93.0 cm³/mol. The average Bonchev–Trinajstić information content (AvgIpc) is 2.97. The highest BCUT2D eigenvalue weighted by atomic mass is 32.1. The molecule has 1 saturated heterocycles. The summed E-state index contributed by atoms with van der Waals surface area (Å²) in [4.78, 5) is 24.7. The van der Waals surface area contributed by atoms with Gasteiger partial charge >= 0.3 is 13.1 Å². The molecule has 5 N–H and O–H groups in total. The normalized spacial score (nSPS) is 20.5. The van der Waals surface area contributed by atoms with Gasteiger partial charge in [-0.3, -0.25) is 9.59 Å². The van der Waals surface area contributed by atoms with Crippen molar-refractivity contribution in [2.24, 2.45) is 5.73 Å². The van der Waals surface area contributed by atoms with Crippen LogP contribution >= 0.6 is 11.3 Å². The highest BCUT2D eigenvalue weighted by Crippen LogP contribution is 2.20. The van der Waals surface area contributed by atoms with E-state index in [1.165, 1.54) is 11.3 Å². The average molecular weight is 370 g/mol. The van der Waals surface area contributed by atoms with Crippen molar-refractivity contribution in [2.75, 3.05) is 13.2 Å². The second kappa shape index (κ2) is 9.88. The molecule has 2 atom stereocenters. The summed E-state index contributed by atoms with van der Waals surface area (Å²) in [6.45, 7) is 1.44. The molecule has 0 bridgehead atoms. The molecule has 0 aromatic carbocycles. The summed E-state index contributed by atoms with van der Waals surface area (Å²) in [7, 11) is -1.19. The van der Waals surface area contributed by atoms with Crippen molar-refractivity contribution in [2.45, 2.75) is 44.3 Å². The summed E-state index contributed by atoms with van der Waals surface area (Å²) in [6, 6.07) is 3.79. The molecule has 10 heteroatoms. The Balaban J connectivity index is 1.76. The van der Waals surface area contributed by atoms with Crippen molar-refractivity contribution in [3.05, 3.63) is 21.9 Å². The van der Waals surface area contributed by atoms with E-state index in [1.54, 1.807) is 0 Å². The quantitative estimate of drug-likeness (QED) is 0.353. The standard InChI is InChI=1S/C15H23BN2O6S/c17-5-6-23-9-12-3-2-11(25-12)8-14(19)18-13-4-1-10(7-15(20)21)24-16(13)22/h2-3,10,13,22H,1,4-9,17H2,(H,18,19)(H,20,21)/t10-,13-/m0/s1. The number of carbonyl (C=O) groups excluding carboxylic acids is 1. The molecule has 1 aliphatic heterocycles. The van der Waals surface area contributed by atoms with Gasteiger partial charge in [0.15, 0.2) is 0 Å². The minimum atomic E-state index is -1.19. The summed E-state index contributed by atoms with van der Waals surface area (Å²) in [5, 5.41) is 21.4. The number of amides is 1. The van der Waals surface area contributed by atoms with Crippen molar-refractivity contribution in [1.82, 2.24) is 5.32 Å². The van der Waals surface area contributed by atoms with Crippen molar-refractivity contribution in [1.29, 1.82) is 0 Å². The minimum Gasteiger partial charge on any atom is -0.481 e. The molecular formula is C15H23BN2O6S. The van der Waals surface area contributed by atoms with Crippen LogP contribution in [-0.4, -0.2) is 54.3 Å². The van der Waals surface area contributed by atoms with Crippen molar-refractivity contribution in [3.63, 3.8) is 0 Å². The summed E-state index contributed by atoms with van der Waals surface area (Å²) in [6.07, 6.45) is 0.503. The largest absolute Gasteiger partial charge is 0.481 e. The Morgan fingerprint density at radius 1 is 1.40 bits per heavy atom. The number of nitrogens with two attached hydrogens (primary N) is 1. The van der Waals surface area contributed by atoms with Crippen molar-refractivity contribution < 1.29 is 29.1 Å². The molecule has 0 spiro atoms. The fraction of sp³-hybridized carbons (Fsp3) is 0.600. The Morgan fingerprint density at radius 3 is 2.84 bits per heavy atom. The van der Waals surface area contributed by atoms with E-state index in [2.05, 4.69) is 5.32 Å². The van der Waals surface area contributed by atoms with Crippen LogP contribution < -0.4 is 11.1 Å². The van der Waals surface area contributed by atoms with Crippen molar-refractivity contribution in [3.8, 4) is 0 Å². The molecule has 2 rings (SSSR count). The summed E-state index contributed by atoms with van der Waals surface area (Å²) < 4.78 is 10.6. The molecule has 1 fully saturated rings. The first-order valence-corrected chi connectivity index (χ1v) is 8.99. The van der Waals surface area contributed by atoms with Gasteiger partial charge in [-0.1, -0.05) is 0 Å². The van der Waals surface area contributed by atoms with Crippen molar-refractivity contribution >= 4 is 30.3 Å². The van der Waals surface area contributed by atoms with Crippen LogP contribution in [0.3, 0.4) is 0 Å². The Morgan fingerprint density at radius 2 is 2.16 bits per heavy atom. The molecule has 8 nitrogen and oxygen atoms in total. The maximum absolute atomic E-state index is 12.1. The molecule has 1 aliphatic rings. The first kappa shape index (κ1) is 19.9. The number of ether oxygens (including phenoxy) is 1. The maximum atomic E-state index is 12.1. The molecule has 1 amide bonds. The van der Waals surface area contributed by atoms with Gasteiger partial charge in [0.25, 0.3) is 0 Å². The molecule has 1 aromatic heterocycles. The molecular weight excluding hydrogens is 347 g/mol. The molecule has 138 valence electrons. The van der Waals surface area contributed by atoms with Crippen LogP contribution in [0.1, 0.15) is 29.0 Å². The van der Waals surface area contributed by atoms with E-state index in [-0.39, 0.29) is 18.7 Å².